The van der Waals surface area contributed by atoms with Crippen LogP contribution in [0.1, 0.15) is 44.1 Å². The molecule has 1 heterocycles. The van der Waals surface area contributed by atoms with Gasteiger partial charge in [0, 0.05) is 29.4 Å². The third-order valence-corrected chi connectivity index (χ3v) is 6.60. The summed E-state index contributed by atoms with van der Waals surface area (Å²) in [4.78, 5) is 32.7. The van der Waals surface area contributed by atoms with E-state index in [-0.39, 0.29) is 30.3 Å². The molecule has 6 heteroatoms. The van der Waals surface area contributed by atoms with E-state index in [9.17, 15) is 9.59 Å². The fourth-order valence-electron chi connectivity index (χ4n) is 4.69. The molecule has 2 fully saturated rings. The van der Waals surface area contributed by atoms with Gasteiger partial charge in [0.15, 0.2) is 0 Å². The molecular formula is C27H30N4O2. The summed E-state index contributed by atoms with van der Waals surface area (Å²) in [5.74, 6) is 0.496. The van der Waals surface area contributed by atoms with Gasteiger partial charge < -0.3 is 4.90 Å². The number of aryl methyl sites for hydroxylation is 1. The molecular weight excluding hydrogens is 412 g/mol. The number of rotatable bonds is 7. The van der Waals surface area contributed by atoms with Crippen LogP contribution < -0.4 is 5.32 Å². The number of hydrogen-bond donors (Lipinski definition) is 1. The van der Waals surface area contributed by atoms with E-state index in [1.165, 1.54) is 0 Å². The predicted octanol–water partition coefficient (Wildman–Crippen LogP) is 4.97. The average Bonchev–Trinajstić information content (AvgIpc) is 3.34. The van der Waals surface area contributed by atoms with Crippen molar-refractivity contribution in [2.75, 3.05) is 11.9 Å². The first kappa shape index (κ1) is 21.4. The maximum Gasteiger partial charge on any atom is 0.246 e. The molecule has 2 aromatic carbocycles. The Morgan fingerprint density at radius 1 is 1.03 bits per heavy atom. The van der Waals surface area contributed by atoms with E-state index < -0.39 is 0 Å². The quantitative estimate of drug-likeness (QED) is 0.562. The Bertz CT molecular complexity index is 1140. The summed E-state index contributed by atoms with van der Waals surface area (Å²) in [6.45, 7) is 2.13. The van der Waals surface area contributed by atoms with Crippen molar-refractivity contribution in [1.82, 2.24) is 14.5 Å². The van der Waals surface area contributed by atoms with E-state index in [4.69, 9.17) is 4.98 Å². The average molecular weight is 443 g/mol. The summed E-state index contributed by atoms with van der Waals surface area (Å²) in [5, 5.41) is 3.00. The number of aromatic nitrogens is 2. The molecule has 0 aliphatic heterocycles. The Balaban J connectivity index is 1.40. The molecule has 2 amide bonds. The Kier molecular flexibility index (Phi) is 5.99. The van der Waals surface area contributed by atoms with E-state index >= 15 is 0 Å². The molecule has 0 unspecified atom stereocenters. The number of benzene rings is 2. The lowest BCUT2D eigenvalue weighted by Gasteiger charge is -2.25. The molecule has 2 saturated carbocycles. The minimum absolute atomic E-state index is 0.0809. The van der Waals surface area contributed by atoms with Crippen LogP contribution in [0, 0.1) is 12.8 Å². The van der Waals surface area contributed by atoms with Crippen molar-refractivity contribution in [3.63, 3.8) is 0 Å². The van der Waals surface area contributed by atoms with Gasteiger partial charge in [0.2, 0.25) is 17.8 Å². The number of carbonyl (C=O) groups is 2. The molecule has 1 N–H and O–H groups in total. The van der Waals surface area contributed by atoms with Gasteiger partial charge in [-0.2, -0.15) is 0 Å². The molecule has 0 spiro atoms. The second-order valence-electron chi connectivity index (χ2n) is 9.25. The van der Waals surface area contributed by atoms with Crippen LogP contribution in [0.25, 0.3) is 16.9 Å². The maximum atomic E-state index is 13.1. The highest BCUT2D eigenvalue weighted by Crippen LogP contribution is 2.33. The Morgan fingerprint density at radius 3 is 2.48 bits per heavy atom. The van der Waals surface area contributed by atoms with Crippen LogP contribution in [0.4, 0.5) is 5.95 Å². The lowest BCUT2D eigenvalue weighted by molar-refractivity contribution is -0.138. The molecule has 1 aromatic heterocycles. The summed E-state index contributed by atoms with van der Waals surface area (Å²) in [7, 11) is 0. The summed E-state index contributed by atoms with van der Waals surface area (Å²) >= 11 is 0. The summed E-state index contributed by atoms with van der Waals surface area (Å²) in [6.07, 6.45) is 8.03. The number of anilines is 1. The number of carbonyl (C=O) groups excluding carboxylic acids is 2. The molecule has 170 valence electrons. The van der Waals surface area contributed by atoms with Crippen LogP contribution in [0.15, 0.2) is 60.8 Å². The zero-order valence-electron chi connectivity index (χ0n) is 19.0. The molecule has 3 aromatic rings. The number of hydrogen-bond acceptors (Lipinski definition) is 3. The summed E-state index contributed by atoms with van der Waals surface area (Å²) in [6, 6.07) is 18.2. The van der Waals surface area contributed by atoms with Gasteiger partial charge in [-0.15, -0.1) is 0 Å². The van der Waals surface area contributed by atoms with Crippen LogP contribution in [-0.2, 0) is 9.59 Å². The highest BCUT2D eigenvalue weighted by atomic mass is 16.2. The van der Waals surface area contributed by atoms with Crippen LogP contribution >= 0.6 is 0 Å². The number of nitrogens with zero attached hydrogens (tertiary/aromatic N) is 3. The third kappa shape index (κ3) is 4.85. The molecule has 2 aliphatic rings. The predicted molar refractivity (Wildman–Crippen MR) is 129 cm³/mol. The van der Waals surface area contributed by atoms with Crippen molar-refractivity contribution in [1.29, 1.82) is 0 Å². The molecule has 6 nitrogen and oxygen atoms in total. The monoisotopic (exact) mass is 442 g/mol. The van der Waals surface area contributed by atoms with E-state index in [0.29, 0.717) is 5.95 Å². The summed E-state index contributed by atoms with van der Waals surface area (Å²) in [5.41, 5.74) is 3.83. The van der Waals surface area contributed by atoms with Crippen molar-refractivity contribution in [3.8, 4) is 16.9 Å². The van der Waals surface area contributed by atoms with E-state index in [2.05, 4.69) is 11.4 Å². The normalized spacial score (nSPS) is 16.0. The van der Waals surface area contributed by atoms with Gasteiger partial charge in [-0.05, 0) is 50.3 Å². The van der Waals surface area contributed by atoms with Gasteiger partial charge in [-0.1, -0.05) is 55.3 Å². The minimum Gasteiger partial charge on any atom is -0.330 e. The van der Waals surface area contributed by atoms with E-state index in [1.807, 2.05) is 71.1 Å². The van der Waals surface area contributed by atoms with Gasteiger partial charge in [-0.25, -0.2) is 4.98 Å². The van der Waals surface area contributed by atoms with Crippen LogP contribution in [0.3, 0.4) is 0 Å². The highest BCUT2D eigenvalue weighted by Gasteiger charge is 2.37. The van der Waals surface area contributed by atoms with Gasteiger partial charge in [0.25, 0.3) is 0 Å². The number of amides is 2. The number of imidazole rings is 1. The summed E-state index contributed by atoms with van der Waals surface area (Å²) < 4.78 is 1.91. The fraction of sp³-hybridized carbons (Fsp3) is 0.370. The topological polar surface area (TPSA) is 67.2 Å². The van der Waals surface area contributed by atoms with Gasteiger partial charge in [-0.3, -0.25) is 19.5 Å². The fourth-order valence-corrected chi connectivity index (χ4v) is 4.69. The largest absolute Gasteiger partial charge is 0.330 e. The standard InChI is InChI=1S/C27H30N4O2/c1-19-8-7-13-23(16-19)31-17-24(20-9-3-2-4-10-20)28-27(31)29-25(32)18-30(22-14-15-22)26(33)21-11-5-6-12-21/h2-4,7-10,13,16-17,21-22H,5-6,11-12,14-15,18H2,1H3,(H,28,29,32). The molecule has 0 radical (unpaired) electrons. The molecule has 0 bridgehead atoms. The zero-order chi connectivity index (χ0) is 22.8. The second-order valence-corrected chi connectivity index (χ2v) is 9.25. The van der Waals surface area contributed by atoms with E-state index in [1.54, 1.807) is 0 Å². The lowest BCUT2D eigenvalue weighted by Crippen LogP contribution is -2.42. The molecule has 33 heavy (non-hydrogen) atoms. The zero-order valence-corrected chi connectivity index (χ0v) is 19.0. The molecule has 0 atom stereocenters. The molecule has 5 rings (SSSR count). The first-order valence-electron chi connectivity index (χ1n) is 11.9. The van der Waals surface area contributed by atoms with Crippen molar-refractivity contribution in [2.24, 2.45) is 5.92 Å². The number of nitrogens with one attached hydrogen (secondary N) is 1. The van der Waals surface area contributed by atoms with Crippen LogP contribution in [0.2, 0.25) is 0 Å². The van der Waals surface area contributed by atoms with Gasteiger partial charge >= 0.3 is 0 Å². The third-order valence-electron chi connectivity index (χ3n) is 6.60. The van der Waals surface area contributed by atoms with Crippen molar-refractivity contribution < 1.29 is 9.59 Å². The Morgan fingerprint density at radius 2 is 1.79 bits per heavy atom. The Labute approximate surface area is 194 Å². The highest BCUT2D eigenvalue weighted by molar-refractivity contribution is 5.94. The maximum absolute atomic E-state index is 13.1. The molecule has 0 saturated heterocycles. The van der Waals surface area contributed by atoms with Crippen molar-refractivity contribution in [2.45, 2.75) is 51.5 Å². The SMILES string of the molecule is Cc1cccc(-n2cc(-c3ccccc3)nc2NC(=O)CN(C(=O)C2CCCC2)C2CC2)c1. The smallest absolute Gasteiger partial charge is 0.246 e. The van der Waals surface area contributed by atoms with Crippen molar-refractivity contribution >= 4 is 17.8 Å². The van der Waals surface area contributed by atoms with E-state index in [0.717, 1.165) is 61.0 Å². The first-order valence-corrected chi connectivity index (χ1v) is 11.9. The van der Waals surface area contributed by atoms with Crippen LogP contribution in [-0.4, -0.2) is 38.9 Å². The van der Waals surface area contributed by atoms with Gasteiger partial charge in [0.1, 0.15) is 6.54 Å². The minimum atomic E-state index is -0.202. The Hall–Kier alpha value is -3.41. The first-order chi connectivity index (χ1) is 16.1. The molecule has 2 aliphatic carbocycles. The van der Waals surface area contributed by atoms with Gasteiger partial charge in [0.05, 0.1) is 5.69 Å². The lowest BCUT2D eigenvalue weighted by atomic mass is 10.1. The van der Waals surface area contributed by atoms with Crippen LogP contribution in [0.5, 0.6) is 0 Å². The van der Waals surface area contributed by atoms with Crippen molar-refractivity contribution in [3.05, 3.63) is 66.4 Å². The second kappa shape index (κ2) is 9.22.